The van der Waals surface area contributed by atoms with Gasteiger partial charge in [-0.1, -0.05) is 20.8 Å². The Kier molecular flexibility index (Phi) is 8.08. The first-order chi connectivity index (χ1) is 9.49. The molecule has 1 aliphatic heterocycles. The van der Waals surface area contributed by atoms with Gasteiger partial charge in [-0.3, -0.25) is 0 Å². The van der Waals surface area contributed by atoms with Gasteiger partial charge in [0, 0.05) is 32.3 Å². The highest BCUT2D eigenvalue weighted by molar-refractivity contribution is 4.87. The third-order valence-corrected chi connectivity index (χ3v) is 4.63. The van der Waals surface area contributed by atoms with Gasteiger partial charge in [-0.2, -0.15) is 0 Å². The van der Waals surface area contributed by atoms with Crippen molar-refractivity contribution in [3.8, 4) is 0 Å². The quantitative estimate of drug-likeness (QED) is 0.658. The molecule has 0 spiro atoms. The van der Waals surface area contributed by atoms with Crippen LogP contribution < -0.4 is 5.32 Å². The summed E-state index contributed by atoms with van der Waals surface area (Å²) in [7, 11) is 2.30. The second-order valence-electron chi connectivity index (χ2n) is 7.18. The Labute approximate surface area is 126 Å². The molecule has 20 heavy (non-hydrogen) atoms. The van der Waals surface area contributed by atoms with Crippen molar-refractivity contribution < 1.29 is 4.74 Å². The lowest BCUT2D eigenvalue weighted by atomic mass is 9.79. The highest BCUT2D eigenvalue weighted by Gasteiger charge is 2.34. The highest BCUT2D eigenvalue weighted by atomic mass is 16.5. The molecule has 0 saturated carbocycles. The third kappa shape index (κ3) is 6.11. The molecule has 1 aliphatic rings. The van der Waals surface area contributed by atoms with E-state index in [4.69, 9.17) is 4.74 Å². The molecule has 1 heterocycles. The van der Waals surface area contributed by atoms with E-state index in [1.807, 2.05) is 0 Å². The predicted octanol–water partition coefficient (Wildman–Crippen LogP) is 3.15. The molecule has 0 aromatic rings. The largest absolute Gasteiger partial charge is 0.381 e. The van der Waals surface area contributed by atoms with Crippen LogP contribution in [0.1, 0.15) is 53.4 Å². The van der Waals surface area contributed by atoms with Crippen molar-refractivity contribution in [2.24, 2.45) is 11.3 Å². The molecule has 0 amide bonds. The van der Waals surface area contributed by atoms with Crippen LogP contribution in [0.3, 0.4) is 0 Å². The van der Waals surface area contributed by atoms with Gasteiger partial charge in [0.15, 0.2) is 0 Å². The summed E-state index contributed by atoms with van der Waals surface area (Å²) >= 11 is 0. The standard InChI is InChI=1S/C17H36N2O/c1-6-9-18-13-17(7-10-20-11-8-17)14-19(5)16(4)12-15(2)3/h15-16,18H,6-14H2,1-5H3. The third-order valence-electron chi connectivity index (χ3n) is 4.63. The van der Waals surface area contributed by atoms with Crippen LogP contribution in [-0.2, 0) is 4.74 Å². The molecule has 3 heteroatoms. The van der Waals surface area contributed by atoms with E-state index in [9.17, 15) is 0 Å². The summed E-state index contributed by atoms with van der Waals surface area (Å²) < 4.78 is 5.59. The average Bonchev–Trinajstić information content (AvgIpc) is 2.39. The van der Waals surface area contributed by atoms with Gasteiger partial charge >= 0.3 is 0 Å². The molecule has 1 fully saturated rings. The van der Waals surface area contributed by atoms with Crippen molar-refractivity contribution in [1.82, 2.24) is 10.2 Å². The van der Waals surface area contributed by atoms with E-state index in [0.29, 0.717) is 11.5 Å². The Morgan fingerprint density at radius 3 is 2.40 bits per heavy atom. The minimum absolute atomic E-state index is 0.410. The maximum atomic E-state index is 5.59. The van der Waals surface area contributed by atoms with E-state index in [-0.39, 0.29) is 0 Å². The number of ether oxygens (including phenoxy) is 1. The molecule has 0 radical (unpaired) electrons. The van der Waals surface area contributed by atoms with Crippen LogP contribution in [0.4, 0.5) is 0 Å². The molecule has 0 aromatic carbocycles. The van der Waals surface area contributed by atoms with Crippen molar-refractivity contribution in [2.75, 3.05) is 39.9 Å². The summed E-state index contributed by atoms with van der Waals surface area (Å²) in [5.41, 5.74) is 0.410. The topological polar surface area (TPSA) is 24.5 Å². The number of nitrogens with zero attached hydrogens (tertiary/aromatic N) is 1. The van der Waals surface area contributed by atoms with Crippen molar-refractivity contribution >= 4 is 0 Å². The molecule has 0 aromatic heterocycles. The maximum Gasteiger partial charge on any atom is 0.0472 e. The van der Waals surface area contributed by atoms with E-state index < -0.39 is 0 Å². The molecule has 1 unspecified atom stereocenters. The monoisotopic (exact) mass is 284 g/mol. The molecule has 120 valence electrons. The van der Waals surface area contributed by atoms with Crippen LogP contribution in [0, 0.1) is 11.3 Å². The van der Waals surface area contributed by atoms with Gasteiger partial charge in [0.25, 0.3) is 0 Å². The molecular formula is C17H36N2O. The van der Waals surface area contributed by atoms with Gasteiger partial charge < -0.3 is 15.0 Å². The van der Waals surface area contributed by atoms with E-state index >= 15 is 0 Å². The summed E-state index contributed by atoms with van der Waals surface area (Å²) in [6.45, 7) is 14.6. The molecule has 3 nitrogen and oxygen atoms in total. The summed E-state index contributed by atoms with van der Waals surface area (Å²) in [5, 5.41) is 3.65. The fraction of sp³-hybridized carbons (Fsp3) is 1.00. The molecule has 1 rings (SSSR count). The predicted molar refractivity (Wildman–Crippen MR) is 87.2 cm³/mol. The van der Waals surface area contributed by atoms with Gasteiger partial charge in [-0.05, 0) is 57.5 Å². The SMILES string of the molecule is CCCNCC1(CN(C)C(C)CC(C)C)CCOCC1. The Morgan fingerprint density at radius 1 is 1.20 bits per heavy atom. The Bertz CT molecular complexity index is 249. The van der Waals surface area contributed by atoms with Crippen molar-refractivity contribution in [3.63, 3.8) is 0 Å². The maximum absolute atomic E-state index is 5.59. The van der Waals surface area contributed by atoms with Crippen LogP contribution in [0.25, 0.3) is 0 Å². The van der Waals surface area contributed by atoms with Gasteiger partial charge in [0.05, 0.1) is 0 Å². The Balaban J connectivity index is 2.54. The van der Waals surface area contributed by atoms with Crippen molar-refractivity contribution in [2.45, 2.75) is 59.4 Å². The second kappa shape index (κ2) is 9.01. The minimum atomic E-state index is 0.410. The zero-order chi connectivity index (χ0) is 15.0. The van der Waals surface area contributed by atoms with Crippen LogP contribution in [0.2, 0.25) is 0 Å². The molecule has 1 N–H and O–H groups in total. The Morgan fingerprint density at radius 2 is 1.85 bits per heavy atom. The van der Waals surface area contributed by atoms with E-state index in [0.717, 1.165) is 32.2 Å². The minimum Gasteiger partial charge on any atom is -0.381 e. The summed E-state index contributed by atoms with van der Waals surface area (Å²) in [6.07, 6.45) is 4.89. The Hall–Kier alpha value is -0.120. The van der Waals surface area contributed by atoms with Crippen LogP contribution in [0.15, 0.2) is 0 Å². The van der Waals surface area contributed by atoms with Crippen LogP contribution >= 0.6 is 0 Å². The van der Waals surface area contributed by atoms with Crippen molar-refractivity contribution in [1.29, 1.82) is 0 Å². The van der Waals surface area contributed by atoms with Gasteiger partial charge in [-0.15, -0.1) is 0 Å². The lowest BCUT2D eigenvalue weighted by Crippen LogP contribution is -2.48. The molecule has 1 atom stereocenters. The van der Waals surface area contributed by atoms with Crippen LogP contribution in [-0.4, -0.2) is 50.8 Å². The zero-order valence-electron chi connectivity index (χ0n) is 14.4. The first-order valence-electron chi connectivity index (χ1n) is 8.48. The average molecular weight is 284 g/mol. The molecular weight excluding hydrogens is 248 g/mol. The van der Waals surface area contributed by atoms with E-state index in [1.165, 1.54) is 32.2 Å². The normalized spacial score (nSPS) is 20.6. The van der Waals surface area contributed by atoms with Gasteiger partial charge in [-0.25, -0.2) is 0 Å². The summed E-state index contributed by atoms with van der Waals surface area (Å²) in [4.78, 5) is 2.57. The zero-order valence-corrected chi connectivity index (χ0v) is 14.4. The smallest absolute Gasteiger partial charge is 0.0472 e. The summed E-state index contributed by atoms with van der Waals surface area (Å²) in [5.74, 6) is 0.774. The van der Waals surface area contributed by atoms with Gasteiger partial charge in [0.1, 0.15) is 0 Å². The number of nitrogens with one attached hydrogen (secondary N) is 1. The van der Waals surface area contributed by atoms with Crippen molar-refractivity contribution in [3.05, 3.63) is 0 Å². The number of hydrogen-bond donors (Lipinski definition) is 1. The van der Waals surface area contributed by atoms with E-state index in [1.54, 1.807) is 0 Å². The lowest BCUT2D eigenvalue weighted by molar-refractivity contribution is -0.00672. The fourth-order valence-electron chi connectivity index (χ4n) is 3.27. The summed E-state index contributed by atoms with van der Waals surface area (Å²) in [6, 6.07) is 0.667. The van der Waals surface area contributed by atoms with Gasteiger partial charge in [0.2, 0.25) is 0 Å². The second-order valence-corrected chi connectivity index (χ2v) is 7.18. The van der Waals surface area contributed by atoms with Crippen LogP contribution in [0.5, 0.6) is 0 Å². The first kappa shape index (κ1) is 17.9. The number of rotatable bonds is 9. The highest BCUT2D eigenvalue weighted by Crippen LogP contribution is 2.31. The molecule has 0 aliphatic carbocycles. The molecule has 1 saturated heterocycles. The number of hydrogen-bond acceptors (Lipinski definition) is 3. The fourth-order valence-corrected chi connectivity index (χ4v) is 3.27. The van der Waals surface area contributed by atoms with E-state index in [2.05, 4.69) is 45.0 Å². The lowest BCUT2D eigenvalue weighted by Gasteiger charge is -2.42. The molecule has 0 bridgehead atoms. The first-order valence-corrected chi connectivity index (χ1v) is 8.48.